The Bertz CT molecular complexity index is 565. The van der Waals surface area contributed by atoms with Crippen molar-refractivity contribution < 1.29 is 0 Å². The van der Waals surface area contributed by atoms with Crippen molar-refractivity contribution in [3.63, 3.8) is 0 Å². The average Bonchev–Trinajstić information content (AvgIpc) is 3.10. The quantitative estimate of drug-likeness (QED) is 0.899. The number of aromatic nitrogens is 1. The molecule has 1 aromatic carbocycles. The van der Waals surface area contributed by atoms with Crippen LogP contribution >= 0.6 is 11.3 Å². The molecule has 1 aromatic heterocycles. The normalized spacial score (nSPS) is 17.5. The van der Waals surface area contributed by atoms with E-state index in [4.69, 9.17) is 10.7 Å². The Labute approximate surface area is 125 Å². The Kier molecular flexibility index (Phi) is 3.90. The second-order valence-corrected chi connectivity index (χ2v) is 6.71. The summed E-state index contributed by atoms with van der Waals surface area (Å²) in [5.41, 5.74) is 10.00. The molecule has 0 amide bonds. The number of hydrogen-bond donors (Lipinski definition) is 1. The van der Waals surface area contributed by atoms with E-state index in [1.807, 2.05) is 0 Å². The molecule has 3 heteroatoms. The number of rotatable bonds is 4. The minimum atomic E-state index is -0.162. The lowest BCUT2D eigenvalue weighted by Crippen LogP contribution is -2.32. The minimum Gasteiger partial charge on any atom is -0.319 e. The summed E-state index contributed by atoms with van der Waals surface area (Å²) in [5, 5.41) is 3.26. The monoisotopic (exact) mass is 286 g/mol. The second-order valence-electron chi connectivity index (χ2n) is 5.85. The Hall–Kier alpha value is -1.19. The van der Waals surface area contributed by atoms with E-state index in [1.54, 1.807) is 11.3 Å². The molecule has 0 saturated heterocycles. The molecule has 20 heavy (non-hydrogen) atoms. The summed E-state index contributed by atoms with van der Waals surface area (Å²) in [6.45, 7) is 2.21. The van der Waals surface area contributed by atoms with Crippen LogP contribution in [0.3, 0.4) is 0 Å². The molecule has 0 radical (unpaired) electrons. The molecule has 0 spiro atoms. The number of nitrogens with two attached hydrogens (primary N) is 1. The molecule has 1 heterocycles. The summed E-state index contributed by atoms with van der Waals surface area (Å²) in [4.78, 5) is 4.80. The van der Waals surface area contributed by atoms with Crippen molar-refractivity contribution in [2.45, 2.75) is 51.0 Å². The fourth-order valence-electron chi connectivity index (χ4n) is 2.99. The first kappa shape index (κ1) is 13.8. The molecule has 1 fully saturated rings. The van der Waals surface area contributed by atoms with Gasteiger partial charge in [-0.2, -0.15) is 0 Å². The lowest BCUT2D eigenvalue weighted by Gasteiger charge is -2.19. The smallest absolute Gasteiger partial charge is 0.113 e. The number of benzene rings is 1. The Balaban J connectivity index is 1.82. The van der Waals surface area contributed by atoms with Gasteiger partial charge in [-0.25, -0.2) is 4.98 Å². The van der Waals surface area contributed by atoms with Gasteiger partial charge >= 0.3 is 0 Å². The van der Waals surface area contributed by atoms with Gasteiger partial charge in [0.25, 0.3) is 0 Å². The third-order valence-electron chi connectivity index (χ3n) is 4.21. The van der Waals surface area contributed by atoms with Crippen molar-refractivity contribution in [1.82, 2.24) is 4.98 Å². The third kappa shape index (κ3) is 2.65. The molecule has 2 N–H and O–H groups in total. The predicted octanol–water partition coefficient (Wildman–Crippen LogP) is 4.49. The molecule has 0 aliphatic heterocycles. The van der Waals surface area contributed by atoms with Crippen LogP contribution in [0.4, 0.5) is 0 Å². The zero-order chi connectivity index (χ0) is 14.0. The lowest BCUT2D eigenvalue weighted by atomic mass is 10.0. The first-order chi connectivity index (χ1) is 9.71. The molecule has 2 nitrogen and oxygen atoms in total. The predicted molar refractivity (Wildman–Crippen MR) is 85.9 cm³/mol. The topological polar surface area (TPSA) is 38.9 Å². The number of nitrogens with zero attached hydrogens (tertiary/aromatic N) is 1. The van der Waals surface area contributed by atoms with Gasteiger partial charge in [-0.1, -0.05) is 50.5 Å². The van der Waals surface area contributed by atoms with Gasteiger partial charge in [0.2, 0.25) is 0 Å². The molecule has 3 rings (SSSR count). The molecule has 0 atom stereocenters. The summed E-state index contributed by atoms with van der Waals surface area (Å²) < 4.78 is 0. The van der Waals surface area contributed by atoms with Crippen LogP contribution in [0.1, 0.15) is 49.6 Å². The summed E-state index contributed by atoms with van der Waals surface area (Å²) in [7, 11) is 0. The summed E-state index contributed by atoms with van der Waals surface area (Å²) in [5.74, 6) is 0. The fourth-order valence-corrected chi connectivity index (χ4v) is 3.99. The van der Waals surface area contributed by atoms with Gasteiger partial charge in [0, 0.05) is 10.9 Å². The van der Waals surface area contributed by atoms with Crippen LogP contribution in [0.5, 0.6) is 0 Å². The number of hydrogen-bond acceptors (Lipinski definition) is 3. The van der Waals surface area contributed by atoms with Crippen LogP contribution in [0.25, 0.3) is 11.3 Å². The Morgan fingerprint density at radius 2 is 1.90 bits per heavy atom. The first-order valence-corrected chi connectivity index (χ1v) is 8.43. The largest absolute Gasteiger partial charge is 0.319 e. The highest BCUT2D eigenvalue weighted by atomic mass is 32.1. The van der Waals surface area contributed by atoms with E-state index >= 15 is 0 Å². The van der Waals surface area contributed by atoms with Gasteiger partial charge < -0.3 is 5.73 Å². The van der Waals surface area contributed by atoms with Gasteiger partial charge in [-0.05, 0) is 24.8 Å². The van der Waals surface area contributed by atoms with E-state index in [0.29, 0.717) is 0 Å². The van der Waals surface area contributed by atoms with Crippen molar-refractivity contribution in [1.29, 1.82) is 0 Å². The third-order valence-corrected chi connectivity index (χ3v) is 5.28. The maximum absolute atomic E-state index is 6.48. The number of aryl methyl sites for hydroxylation is 1. The van der Waals surface area contributed by atoms with Gasteiger partial charge in [-0.3, -0.25) is 0 Å². The maximum atomic E-state index is 6.48. The molecular weight excluding hydrogens is 264 g/mol. The highest BCUT2D eigenvalue weighted by Crippen LogP contribution is 2.38. The first-order valence-electron chi connectivity index (χ1n) is 7.55. The molecular formula is C17H22N2S. The van der Waals surface area contributed by atoms with Gasteiger partial charge in [0.15, 0.2) is 0 Å². The van der Waals surface area contributed by atoms with Crippen molar-refractivity contribution in [3.8, 4) is 11.3 Å². The fraction of sp³-hybridized carbons (Fsp3) is 0.471. The van der Waals surface area contributed by atoms with Crippen LogP contribution in [-0.4, -0.2) is 4.98 Å². The van der Waals surface area contributed by atoms with Crippen molar-refractivity contribution in [3.05, 3.63) is 40.2 Å². The van der Waals surface area contributed by atoms with Crippen LogP contribution in [-0.2, 0) is 12.0 Å². The molecule has 106 valence electrons. The summed E-state index contributed by atoms with van der Waals surface area (Å²) in [6, 6.07) is 8.79. The summed E-state index contributed by atoms with van der Waals surface area (Å²) in [6.07, 6.45) is 6.96. The van der Waals surface area contributed by atoms with Crippen molar-refractivity contribution in [2.75, 3.05) is 0 Å². The van der Waals surface area contributed by atoms with Crippen molar-refractivity contribution in [2.24, 2.45) is 5.73 Å². The molecule has 1 aliphatic carbocycles. The maximum Gasteiger partial charge on any atom is 0.113 e. The van der Waals surface area contributed by atoms with Crippen LogP contribution in [0, 0.1) is 0 Å². The zero-order valence-electron chi connectivity index (χ0n) is 12.1. The highest BCUT2D eigenvalue weighted by Gasteiger charge is 2.34. The van der Waals surface area contributed by atoms with E-state index in [9.17, 15) is 0 Å². The molecule has 0 bridgehead atoms. The van der Waals surface area contributed by atoms with E-state index in [0.717, 1.165) is 30.0 Å². The molecule has 1 saturated carbocycles. The Morgan fingerprint density at radius 3 is 2.55 bits per heavy atom. The minimum absolute atomic E-state index is 0.162. The van der Waals surface area contributed by atoms with E-state index in [2.05, 4.69) is 36.6 Å². The number of thiazole rings is 1. The van der Waals surface area contributed by atoms with Gasteiger partial charge in [-0.15, -0.1) is 11.3 Å². The molecule has 1 aliphatic rings. The standard InChI is InChI=1S/C17H22N2S/c1-2-5-13-6-8-14(9-7-13)15-12-20-16(19-15)17(18)10-3-4-11-17/h6-9,12H,2-5,10-11,18H2,1H3. The SMILES string of the molecule is CCCc1ccc(-c2csc(C3(N)CCCC3)n2)cc1. The molecule has 0 unspecified atom stereocenters. The Morgan fingerprint density at radius 1 is 1.20 bits per heavy atom. The van der Waals surface area contributed by atoms with Gasteiger partial charge in [0.1, 0.15) is 5.01 Å². The van der Waals surface area contributed by atoms with Crippen molar-refractivity contribution >= 4 is 11.3 Å². The zero-order valence-corrected chi connectivity index (χ0v) is 12.9. The lowest BCUT2D eigenvalue weighted by molar-refractivity contribution is 0.459. The average molecular weight is 286 g/mol. The van der Waals surface area contributed by atoms with Crippen LogP contribution in [0.2, 0.25) is 0 Å². The van der Waals surface area contributed by atoms with Crippen LogP contribution < -0.4 is 5.73 Å². The van der Waals surface area contributed by atoms with E-state index in [-0.39, 0.29) is 5.54 Å². The van der Waals surface area contributed by atoms with E-state index < -0.39 is 0 Å². The van der Waals surface area contributed by atoms with Gasteiger partial charge in [0.05, 0.1) is 11.2 Å². The summed E-state index contributed by atoms with van der Waals surface area (Å²) >= 11 is 1.72. The second kappa shape index (κ2) is 5.66. The van der Waals surface area contributed by atoms with E-state index in [1.165, 1.54) is 30.4 Å². The van der Waals surface area contributed by atoms with Crippen LogP contribution in [0.15, 0.2) is 29.6 Å². The highest BCUT2D eigenvalue weighted by molar-refractivity contribution is 7.10. The molecule has 2 aromatic rings.